The van der Waals surface area contributed by atoms with Crippen LogP contribution in [0.1, 0.15) is 18.1 Å². The zero-order valence-electron chi connectivity index (χ0n) is 15.4. The summed E-state index contributed by atoms with van der Waals surface area (Å²) >= 11 is 0. The van der Waals surface area contributed by atoms with Crippen LogP contribution in [0.3, 0.4) is 0 Å². The number of carbonyl (C=O) groups excluding carboxylic acids is 2. The van der Waals surface area contributed by atoms with Gasteiger partial charge in [-0.25, -0.2) is 4.79 Å². The van der Waals surface area contributed by atoms with Gasteiger partial charge in [0.15, 0.2) is 6.10 Å². The molecule has 0 saturated carbocycles. The van der Waals surface area contributed by atoms with Crippen molar-refractivity contribution in [3.8, 4) is 5.75 Å². The summed E-state index contributed by atoms with van der Waals surface area (Å²) in [5, 5.41) is 0. The maximum atomic E-state index is 12.8. The second kappa shape index (κ2) is 8.85. The molecule has 26 heavy (non-hydrogen) atoms. The number of methoxy groups -OCH3 is 1. The molecule has 2 aromatic rings. The molecule has 0 spiro atoms. The van der Waals surface area contributed by atoms with Gasteiger partial charge < -0.3 is 14.4 Å². The lowest BCUT2D eigenvalue weighted by Crippen LogP contribution is -2.35. The first-order valence-electron chi connectivity index (χ1n) is 8.26. The molecule has 5 heteroatoms. The van der Waals surface area contributed by atoms with Crippen molar-refractivity contribution >= 4 is 23.5 Å². The number of carbonyl (C=O) groups is 2. The fourth-order valence-corrected chi connectivity index (χ4v) is 2.46. The van der Waals surface area contributed by atoms with E-state index < -0.39 is 12.1 Å². The van der Waals surface area contributed by atoms with Gasteiger partial charge in [0.1, 0.15) is 5.75 Å². The maximum absolute atomic E-state index is 12.8. The van der Waals surface area contributed by atoms with Crippen LogP contribution >= 0.6 is 0 Å². The van der Waals surface area contributed by atoms with Crippen LogP contribution in [0.25, 0.3) is 11.6 Å². The van der Waals surface area contributed by atoms with Crippen LogP contribution in [0.5, 0.6) is 5.75 Å². The number of hydrogen-bond donors (Lipinski definition) is 0. The molecule has 0 aromatic heterocycles. The highest BCUT2D eigenvalue weighted by Crippen LogP contribution is 2.25. The second-order valence-corrected chi connectivity index (χ2v) is 5.95. The van der Waals surface area contributed by atoms with Crippen LogP contribution in [-0.2, 0) is 14.3 Å². The van der Waals surface area contributed by atoms with Crippen molar-refractivity contribution in [3.05, 3.63) is 65.7 Å². The predicted molar refractivity (Wildman–Crippen MR) is 102 cm³/mol. The standard InChI is InChI=1S/C21H23NO4/c1-15(20(23)22(2)3)26-21(24)18(16-10-6-5-7-11-16)14-17-12-8-9-13-19(17)25-4/h5-15H,1-4H3/b18-14+. The van der Waals surface area contributed by atoms with Crippen LogP contribution in [0.4, 0.5) is 0 Å². The van der Waals surface area contributed by atoms with Gasteiger partial charge in [0.05, 0.1) is 12.7 Å². The zero-order valence-corrected chi connectivity index (χ0v) is 15.4. The van der Waals surface area contributed by atoms with E-state index in [1.165, 1.54) is 4.90 Å². The van der Waals surface area contributed by atoms with Crippen molar-refractivity contribution in [2.24, 2.45) is 0 Å². The molecule has 136 valence electrons. The van der Waals surface area contributed by atoms with Crippen LogP contribution in [-0.4, -0.2) is 44.1 Å². The molecule has 0 saturated heterocycles. The number of ether oxygens (including phenoxy) is 2. The van der Waals surface area contributed by atoms with E-state index in [0.29, 0.717) is 16.9 Å². The van der Waals surface area contributed by atoms with Gasteiger partial charge in [0.25, 0.3) is 5.91 Å². The summed E-state index contributed by atoms with van der Waals surface area (Å²) in [6.07, 6.45) is 0.839. The highest BCUT2D eigenvalue weighted by molar-refractivity contribution is 6.22. The summed E-state index contributed by atoms with van der Waals surface area (Å²) in [6, 6.07) is 16.6. The lowest BCUT2D eigenvalue weighted by atomic mass is 10.0. The van der Waals surface area contributed by atoms with Gasteiger partial charge >= 0.3 is 5.97 Å². The lowest BCUT2D eigenvalue weighted by molar-refractivity contribution is -0.153. The van der Waals surface area contributed by atoms with E-state index in [9.17, 15) is 9.59 Å². The Hall–Kier alpha value is -3.08. The Balaban J connectivity index is 2.41. The smallest absolute Gasteiger partial charge is 0.339 e. The van der Waals surface area contributed by atoms with Crippen molar-refractivity contribution in [2.75, 3.05) is 21.2 Å². The minimum Gasteiger partial charge on any atom is -0.496 e. The molecule has 0 bridgehead atoms. The third-order valence-electron chi connectivity index (χ3n) is 3.82. The van der Waals surface area contributed by atoms with Gasteiger partial charge in [-0.1, -0.05) is 48.5 Å². The summed E-state index contributed by atoms with van der Waals surface area (Å²) in [6.45, 7) is 1.56. The molecule has 0 aliphatic rings. The van der Waals surface area contributed by atoms with E-state index in [0.717, 1.165) is 5.56 Å². The summed E-state index contributed by atoms with van der Waals surface area (Å²) < 4.78 is 10.8. The molecule has 2 rings (SSSR count). The number of amides is 1. The summed E-state index contributed by atoms with van der Waals surface area (Å²) in [5.74, 6) is -0.195. The quantitative estimate of drug-likeness (QED) is 0.454. The number of para-hydroxylation sites is 1. The number of nitrogens with zero attached hydrogens (tertiary/aromatic N) is 1. The van der Waals surface area contributed by atoms with E-state index in [1.54, 1.807) is 34.2 Å². The van der Waals surface area contributed by atoms with Crippen molar-refractivity contribution in [1.82, 2.24) is 4.90 Å². The SMILES string of the molecule is COc1ccccc1/C=C(/C(=O)OC(C)C(=O)N(C)C)c1ccccc1. The van der Waals surface area contributed by atoms with Crippen LogP contribution in [0, 0.1) is 0 Å². The molecule has 5 nitrogen and oxygen atoms in total. The van der Waals surface area contributed by atoms with Gasteiger partial charge in [-0.3, -0.25) is 4.79 Å². The van der Waals surface area contributed by atoms with Gasteiger partial charge in [0.2, 0.25) is 0 Å². The minimum absolute atomic E-state index is 0.275. The molecule has 0 aliphatic heterocycles. The largest absolute Gasteiger partial charge is 0.496 e. The maximum Gasteiger partial charge on any atom is 0.339 e. The van der Waals surface area contributed by atoms with E-state index in [2.05, 4.69) is 0 Å². The van der Waals surface area contributed by atoms with Gasteiger partial charge in [-0.05, 0) is 24.6 Å². The van der Waals surface area contributed by atoms with E-state index in [1.807, 2.05) is 54.6 Å². The number of benzene rings is 2. The molecular weight excluding hydrogens is 330 g/mol. The molecule has 0 radical (unpaired) electrons. The number of esters is 1. The zero-order chi connectivity index (χ0) is 19.1. The molecule has 1 unspecified atom stereocenters. The second-order valence-electron chi connectivity index (χ2n) is 5.95. The van der Waals surface area contributed by atoms with Crippen LogP contribution in [0.2, 0.25) is 0 Å². The van der Waals surface area contributed by atoms with Crippen molar-refractivity contribution < 1.29 is 19.1 Å². The topological polar surface area (TPSA) is 55.8 Å². The Kier molecular flexibility index (Phi) is 6.55. The van der Waals surface area contributed by atoms with Crippen molar-refractivity contribution in [2.45, 2.75) is 13.0 Å². The Bertz CT molecular complexity index is 797. The molecule has 1 atom stereocenters. The van der Waals surface area contributed by atoms with Gasteiger partial charge in [-0.2, -0.15) is 0 Å². The Morgan fingerprint density at radius 3 is 2.23 bits per heavy atom. The van der Waals surface area contributed by atoms with E-state index >= 15 is 0 Å². The summed E-state index contributed by atoms with van der Waals surface area (Å²) in [7, 11) is 4.82. The van der Waals surface area contributed by atoms with Crippen molar-refractivity contribution in [3.63, 3.8) is 0 Å². The number of rotatable bonds is 6. The molecule has 2 aromatic carbocycles. The third-order valence-corrected chi connectivity index (χ3v) is 3.82. The van der Waals surface area contributed by atoms with Crippen LogP contribution < -0.4 is 4.74 Å². The summed E-state index contributed by atoms with van der Waals surface area (Å²) in [5.41, 5.74) is 1.80. The first-order valence-corrected chi connectivity index (χ1v) is 8.26. The fraction of sp³-hybridized carbons (Fsp3) is 0.238. The molecule has 0 fully saturated rings. The Morgan fingerprint density at radius 2 is 1.62 bits per heavy atom. The van der Waals surface area contributed by atoms with Gasteiger partial charge in [0, 0.05) is 19.7 Å². The first kappa shape index (κ1) is 19.2. The average Bonchev–Trinajstić information content (AvgIpc) is 2.66. The van der Waals surface area contributed by atoms with E-state index in [4.69, 9.17) is 9.47 Å². The first-order chi connectivity index (χ1) is 12.4. The van der Waals surface area contributed by atoms with E-state index in [-0.39, 0.29) is 5.91 Å². The van der Waals surface area contributed by atoms with Crippen LogP contribution in [0.15, 0.2) is 54.6 Å². The minimum atomic E-state index is -0.873. The van der Waals surface area contributed by atoms with Crippen molar-refractivity contribution in [1.29, 1.82) is 0 Å². The summed E-state index contributed by atoms with van der Waals surface area (Å²) in [4.78, 5) is 26.2. The molecular formula is C21H23NO4. The fourth-order valence-electron chi connectivity index (χ4n) is 2.46. The highest BCUT2D eigenvalue weighted by Gasteiger charge is 2.22. The average molecular weight is 353 g/mol. The molecule has 0 N–H and O–H groups in total. The third kappa shape index (κ3) is 4.72. The Morgan fingerprint density at radius 1 is 1.00 bits per heavy atom. The molecule has 1 amide bonds. The lowest BCUT2D eigenvalue weighted by Gasteiger charge is -2.18. The number of likely N-dealkylation sites (N-methyl/N-ethyl adjacent to an activating group) is 1. The normalized spacial score (nSPS) is 12.2. The Labute approximate surface area is 153 Å². The predicted octanol–water partition coefficient (Wildman–Crippen LogP) is 3.26. The number of hydrogen-bond acceptors (Lipinski definition) is 4. The highest BCUT2D eigenvalue weighted by atomic mass is 16.5. The molecule has 0 aliphatic carbocycles. The monoisotopic (exact) mass is 353 g/mol. The molecule has 0 heterocycles. The van der Waals surface area contributed by atoms with Gasteiger partial charge in [-0.15, -0.1) is 0 Å².